The van der Waals surface area contributed by atoms with Crippen LogP contribution in [0.4, 0.5) is 5.69 Å². The number of thioether (sulfide) groups is 1. The second-order valence-electron chi connectivity index (χ2n) is 13.2. The highest BCUT2D eigenvalue weighted by atomic mass is 32.2. The zero-order chi connectivity index (χ0) is 39.3. The number of hydrogen-bond acceptors (Lipinski definition) is 16. The summed E-state index contributed by atoms with van der Waals surface area (Å²) in [6.45, 7) is 7.04. The Labute approximate surface area is 302 Å². The van der Waals surface area contributed by atoms with Gasteiger partial charge in [-0.2, -0.15) is 16.1 Å². The Morgan fingerprint density at radius 1 is 1.06 bits per heavy atom. The average Bonchev–Trinajstić information content (AvgIpc) is 3.56. The fraction of sp³-hybridized carbons (Fsp3) is 0.692. The van der Waals surface area contributed by atoms with E-state index < -0.39 is 78.6 Å². The first-order valence-corrected chi connectivity index (χ1v) is 21.0. The number of rotatable bonds is 19. The lowest BCUT2D eigenvalue weighted by Crippen LogP contribution is -2.46. The van der Waals surface area contributed by atoms with Crippen LogP contribution in [0.5, 0.6) is 0 Å². The number of aliphatic hydroxyl groups excluding tert-OH is 2. The molecule has 3 heterocycles. The minimum atomic E-state index is -5.54. The first kappa shape index (κ1) is 44.4. The summed E-state index contributed by atoms with van der Waals surface area (Å²) in [5.74, 6) is -0.559. The molecule has 52 heavy (non-hydrogen) atoms. The lowest BCUT2D eigenvalue weighted by atomic mass is 9.87. The summed E-state index contributed by atoms with van der Waals surface area (Å²) in [6, 6.07) is 1.45. The van der Waals surface area contributed by atoms with Crippen molar-refractivity contribution < 1.29 is 75.7 Å². The van der Waals surface area contributed by atoms with Crippen molar-refractivity contribution in [2.45, 2.75) is 76.4 Å². The third-order valence-electron chi connectivity index (χ3n) is 7.14. The van der Waals surface area contributed by atoms with E-state index >= 15 is 0 Å². The lowest BCUT2D eigenvalue weighted by Gasteiger charge is -2.30. The number of anilines is 1. The number of nitrogens with two attached hydrogens (primary N) is 1. The summed E-state index contributed by atoms with van der Waals surface area (Å²) >= 11 is 1.67. The van der Waals surface area contributed by atoms with Crippen LogP contribution in [0.1, 0.15) is 47.3 Å². The van der Waals surface area contributed by atoms with Gasteiger partial charge >= 0.3 is 23.5 Å². The van der Waals surface area contributed by atoms with Gasteiger partial charge in [0.2, 0.25) is 11.8 Å². The van der Waals surface area contributed by atoms with Crippen LogP contribution in [0.2, 0.25) is 0 Å². The molecule has 0 aliphatic carbocycles. The fourth-order valence-electron chi connectivity index (χ4n) is 4.57. The Balaban J connectivity index is 1.54. The Hall–Kier alpha value is -2.04. The number of amides is 2. The van der Waals surface area contributed by atoms with E-state index in [2.05, 4.69) is 29.4 Å². The van der Waals surface area contributed by atoms with E-state index in [1.807, 2.05) is 20.8 Å². The molecule has 4 unspecified atom stereocenters. The third-order valence-corrected chi connectivity index (χ3v) is 11.5. The molecule has 0 bridgehead atoms. The van der Waals surface area contributed by atoms with E-state index in [1.165, 1.54) is 30.7 Å². The number of pyridine rings is 1. The van der Waals surface area contributed by atoms with Gasteiger partial charge in [0.15, 0.2) is 11.9 Å². The minimum absolute atomic E-state index is 0.0400. The molecule has 1 aliphatic heterocycles. The van der Waals surface area contributed by atoms with E-state index in [0.717, 1.165) is 6.33 Å². The topological polar surface area (TPSA) is 334 Å². The number of hydrogen-bond donors (Lipinski definition) is 9. The molecule has 1 aliphatic rings. The van der Waals surface area contributed by atoms with Crippen LogP contribution in [-0.2, 0) is 45.9 Å². The second kappa shape index (κ2) is 17.6. The molecule has 296 valence electrons. The molecule has 7 atom stereocenters. The van der Waals surface area contributed by atoms with Crippen LogP contribution in [0, 0.1) is 5.41 Å². The summed E-state index contributed by atoms with van der Waals surface area (Å²) in [5.41, 5.74) is 4.82. The number of carbonyl (C=O) groups excluding carboxylic acids is 2. The average molecular weight is 823 g/mol. The fourth-order valence-corrected chi connectivity index (χ4v) is 8.22. The number of nitrogens with one attached hydrogen (secondary N) is 2. The third kappa shape index (κ3) is 13.4. The van der Waals surface area contributed by atoms with Gasteiger partial charge in [-0.25, -0.2) is 23.7 Å². The smallest absolute Gasteiger partial charge is 0.397 e. The highest BCUT2D eigenvalue weighted by Gasteiger charge is 2.50. The Kier molecular flexibility index (Phi) is 15.0. The molecule has 0 saturated carbocycles. The first-order valence-electron chi connectivity index (χ1n) is 15.5. The molecule has 0 radical (unpaired) electrons. The quantitative estimate of drug-likeness (QED) is 0.0689. The normalized spacial score (nSPS) is 22.8. The predicted molar refractivity (Wildman–Crippen MR) is 184 cm³/mol. The van der Waals surface area contributed by atoms with E-state index in [9.17, 15) is 53.1 Å². The van der Waals surface area contributed by atoms with E-state index in [0.29, 0.717) is 12.3 Å². The van der Waals surface area contributed by atoms with Gasteiger partial charge in [-0.05, 0) is 6.07 Å². The Bertz CT molecular complexity index is 1700. The maximum Gasteiger partial charge on any atom is 0.481 e. The van der Waals surface area contributed by atoms with Crippen LogP contribution in [0.15, 0.2) is 18.6 Å². The standard InChI is InChI=1S/C26H45N6O16P3S/c1-25(2,3)52-11-10-28-17(33)7-9-30-23(36)21(35)26(4,5)13-45-51(42,43)48-50(40,41)44-12-16-20(47-49(37,38)39)19(34)24(46-16)32-14-31-18-15(27)6-8-29-22(18)32/h6,8,14,16,19-21,24,34-35H,7,9-13H2,1-5H3,(H2,27,29)(H,28,33)(H,30,36)(H,40,41)(H,42,43)(H2,37,38,39)/t16-,19+,20?,21?,24-/m1/s1. The number of nitrogen functional groups attached to an aromatic ring is 1. The monoisotopic (exact) mass is 822 g/mol. The largest absolute Gasteiger partial charge is 0.481 e. The Morgan fingerprint density at radius 2 is 1.71 bits per heavy atom. The highest BCUT2D eigenvalue weighted by molar-refractivity contribution is 8.00. The summed E-state index contributed by atoms with van der Waals surface area (Å²) in [6.07, 6.45) is -6.34. The molecule has 1 fully saturated rings. The van der Waals surface area contributed by atoms with Crippen molar-refractivity contribution in [3.05, 3.63) is 18.6 Å². The van der Waals surface area contributed by atoms with E-state index in [4.69, 9.17) is 19.5 Å². The van der Waals surface area contributed by atoms with Crippen LogP contribution in [-0.4, -0.2) is 117 Å². The molecule has 2 aromatic heterocycles. The number of aromatic nitrogens is 3. The van der Waals surface area contributed by atoms with Crippen molar-refractivity contribution in [3.63, 3.8) is 0 Å². The van der Waals surface area contributed by atoms with Crippen molar-refractivity contribution in [2.24, 2.45) is 5.41 Å². The van der Waals surface area contributed by atoms with Crippen molar-refractivity contribution in [1.29, 1.82) is 0 Å². The number of phosphoric acid groups is 3. The van der Waals surface area contributed by atoms with Gasteiger partial charge in [-0.1, -0.05) is 34.6 Å². The molecule has 0 spiro atoms. The molecule has 22 nitrogen and oxygen atoms in total. The molecule has 10 N–H and O–H groups in total. The molecule has 1 saturated heterocycles. The van der Waals surface area contributed by atoms with E-state index in [1.54, 1.807) is 11.8 Å². The van der Waals surface area contributed by atoms with Crippen molar-refractivity contribution in [2.75, 3.05) is 37.8 Å². The van der Waals surface area contributed by atoms with Gasteiger partial charge in [-0.3, -0.25) is 27.7 Å². The van der Waals surface area contributed by atoms with Gasteiger partial charge in [0.1, 0.15) is 29.9 Å². The number of carbonyl (C=O) groups is 2. The summed E-state index contributed by atoms with van der Waals surface area (Å²) in [5, 5.41) is 26.5. The zero-order valence-corrected chi connectivity index (χ0v) is 32.3. The van der Waals surface area contributed by atoms with Gasteiger partial charge in [0, 0.05) is 41.6 Å². The van der Waals surface area contributed by atoms with Gasteiger partial charge in [0.25, 0.3) is 0 Å². The van der Waals surface area contributed by atoms with Crippen molar-refractivity contribution in [3.8, 4) is 0 Å². The molecule has 0 aromatic carbocycles. The van der Waals surface area contributed by atoms with Crippen LogP contribution >= 0.6 is 35.2 Å². The van der Waals surface area contributed by atoms with Gasteiger partial charge in [0.05, 0.1) is 25.2 Å². The molecule has 2 amide bonds. The summed E-state index contributed by atoms with van der Waals surface area (Å²) in [4.78, 5) is 71.8. The predicted octanol–water partition coefficient (Wildman–Crippen LogP) is 0.542. The number of fused-ring (bicyclic) bond motifs is 1. The SMILES string of the molecule is CC(C)(C)SCCNC(=O)CCNC(=O)C(O)C(C)(C)COP(=O)(O)OP(=O)(O)OC[C@H]1O[C@@H](n2cnc3c(N)ccnc32)[C@@H](O)C1OP(=O)(O)O. The Morgan fingerprint density at radius 3 is 2.35 bits per heavy atom. The number of ether oxygens (including phenoxy) is 1. The minimum Gasteiger partial charge on any atom is -0.397 e. The molecular weight excluding hydrogens is 777 g/mol. The van der Waals surface area contributed by atoms with Crippen molar-refractivity contribution in [1.82, 2.24) is 25.2 Å². The molecule has 26 heteroatoms. The van der Waals surface area contributed by atoms with Crippen molar-refractivity contribution >= 4 is 63.9 Å². The van der Waals surface area contributed by atoms with Crippen LogP contribution in [0.3, 0.4) is 0 Å². The molecule has 2 aromatic rings. The summed E-state index contributed by atoms with van der Waals surface area (Å²) < 4.78 is 62.2. The number of aliphatic hydroxyl groups is 2. The van der Waals surface area contributed by atoms with Gasteiger partial charge in [-0.15, -0.1) is 0 Å². The first-order chi connectivity index (χ1) is 23.8. The summed E-state index contributed by atoms with van der Waals surface area (Å²) in [7, 11) is -16.3. The highest BCUT2D eigenvalue weighted by Crippen LogP contribution is 2.61. The number of phosphoric ester groups is 3. The zero-order valence-electron chi connectivity index (χ0n) is 28.8. The second-order valence-corrected chi connectivity index (χ2v) is 19.3. The number of nitrogens with zero attached hydrogens (tertiary/aromatic N) is 3. The van der Waals surface area contributed by atoms with E-state index in [-0.39, 0.29) is 40.5 Å². The van der Waals surface area contributed by atoms with Crippen LogP contribution in [0.25, 0.3) is 11.2 Å². The van der Waals surface area contributed by atoms with Gasteiger partial charge < -0.3 is 50.9 Å². The molecule has 3 rings (SSSR count). The maximum atomic E-state index is 12.6. The maximum absolute atomic E-state index is 12.6. The number of imidazole rings is 1. The lowest BCUT2D eigenvalue weighted by molar-refractivity contribution is -0.137. The van der Waals surface area contributed by atoms with Crippen LogP contribution < -0.4 is 16.4 Å². The molecular formula is C26H45N6O16P3S.